The van der Waals surface area contributed by atoms with Crippen molar-refractivity contribution in [3.8, 4) is 5.75 Å². The highest BCUT2D eigenvalue weighted by Crippen LogP contribution is 2.17. The summed E-state index contributed by atoms with van der Waals surface area (Å²) in [5, 5.41) is 2.85. The molecule has 0 unspecified atom stereocenters. The van der Waals surface area contributed by atoms with Crippen molar-refractivity contribution in [3.63, 3.8) is 0 Å². The highest BCUT2D eigenvalue weighted by Gasteiger charge is 2.01. The maximum Gasteiger partial charge on any atom is 0.248 e. The number of rotatable bonds is 5. The first-order valence-corrected chi connectivity index (χ1v) is 7.31. The predicted molar refractivity (Wildman–Crippen MR) is 91.2 cm³/mol. The van der Waals surface area contributed by atoms with E-state index in [1.165, 1.54) is 11.6 Å². The van der Waals surface area contributed by atoms with Crippen LogP contribution >= 0.6 is 0 Å². The van der Waals surface area contributed by atoms with Crippen LogP contribution in [0.5, 0.6) is 5.75 Å². The molecule has 0 aliphatic carbocycles. The molecule has 0 spiro atoms. The number of hydrogen-bond donors (Lipinski definition) is 1. The summed E-state index contributed by atoms with van der Waals surface area (Å²) in [4.78, 5) is 11.9. The Morgan fingerprint density at radius 3 is 2.50 bits per heavy atom. The lowest BCUT2D eigenvalue weighted by molar-refractivity contribution is -0.111. The molecule has 2 rings (SSSR count). The van der Waals surface area contributed by atoms with Crippen LogP contribution in [0, 0.1) is 0 Å². The molecule has 0 aliphatic heterocycles. The molecule has 22 heavy (non-hydrogen) atoms. The molecule has 0 aromatic heterocycles. The Bertz CT molecular complexity index is 657. The average Bonchev–Trinajstić information content (AvgIpc) is 2.53. The number of ether oxygens (including phenoxy) is 1. The smallest absolute Gasteiger partial charge is 0.248 e. The van der Waals surface area contributed by atoms with E-state index in [2.05, 4.69) is 19.2 Å². The molecule has 0 radical (unpaired) electrons. The van der Waals surface area contributed by atoms with Crippen molar-refractivity contribution in [1.82, 2.24) is 0 Å². The van der Waals surface area contributed by atoms with Gasteiger partial charge in [-0.1, -0.05) is 38.1 Å². The van der Waals surface area contributed by atoms with Crippen LogP contribution < -0.4 is 10.1 Å². The SMILES string of the molecule is COc1cccc(/C=C/C(=O)Nc2ccc(C(C)C)cc2)c1. The largest absolute Gasteiger partial charge is 0.497 e. The Labute approximate surface area is 131 Å². The Hall–Kier alpha value is -2.55. The van der Waals surface area contributed by atoms with Crippen molar-refractivity contribution in [3.05, 3.63) is 65.7 Å². The van der Waals surface area contributed by atoms with Gasteiger partial charge in [0.1, 0.15) is 5.75 Å². The van der Waals surface area contributed by atoms with Gasteiger partial charge in [0.2, 0.25) is 5.91 Å². The summed E-state index contributed by atoms with van der Waals surface area (Å²) >= 11 is 0. The maximum absolute atomic E-state index is 11.9. The van der Waals surface area contributed by atoms with E-state index in [1.54, 1.807) is 13.2 Å². The minimum Gasteiger partial charge on any atom is -0.497 e. The third-order valence-corrected chi connectivity index (χ3v) is 3.37. The predicted octanol–water partition coefficient (Wildman–Crippen LogP) is 4.47. The first kappa shape index (κ1) is 15.8. The van der Waals surface area contributed by atoms with Gasteiger partial charge in [0.15, 0.2) is 0 Å². The molecule has 3 nitrogen and oxygen atoms in total. The third kappa shape index (κ3) is 4.48. The summed E-state index contributed by atoms with van der Waals surface area (Å²) in [5.74, 6) is 1.10. The van der Waals surface area contributed by atoms with Crippen molar-refractivity contribution < 1.29 is 9.53 Å². The maximum atomic E-state index is 11.9. The van der Waals surface area contributed by atoms with Gasteiger partial charge in [-0.2, -0.15) is 0 Å². The lowest BCUT2D eigenvalue weighted by Gasteiger charge is -2.07. The lowest BCUT2D eigenvalue weighted by atomic mass is 10.0. The van der Waals surface area contributed by atoms with Crippen LogP contribution in [0.4, 0.5) is 5.69 Å². The van der Waals surface area contributed by atoms with E-state index in [4.69, 9.17) is 4.74 Å². The van der Waals surface area contributed by atoms with E-state index >= 15 is 0 Å². The number of carbonyl (C=O) groups is 1. The van der Waals surface area contributed by atoms with Crippen molar-refractivity contribution >= 4 is 17.7 Å². The van der Waals surface area contributed by atoms with Gasteiger partial charge in [-0.15, -0.1) is 0 Å². The van der Waals surface area contributed by atoms with E-state index in [0.29, 0.717) is 5.92 Å². The van der Waals surface area contributed by atoms with Crippen molar-refractivity contribution in [1.29, 1.82) is 0 Å². The zero-order valence-electron chi connectivity index (χ0n) is 13.2. The molecule has 0 saturated carbocycles. The first-order valence-electron chi connectivity index (χ1n) is 7.31. The lowest BCUT2D eigenvalue weighted by Crippen LogP contribution is -2.07. The number of amides is 1. The monoisotopic (exact) mass is 295 g/mol. The standard InChI is InChI=1S/C19H21NO2/c1-14(2)16-8-10-17(11-9-16)20-19(21)12-7-15-5-4-6-18(13-15)22-3/h4-14H,1-3H3,(H,20,21)/b12-7+. The van der Waals surface area contributed by atoms with E-state index in [0.717, 1.165) is 17.0 Å². The molecule has 0 heterocycles. The summed E-state index contributed by atoms with van der Waals surface area (Å²) in [6.45, 7) is 4.29. The molecule has 3 heteroatoms. The Kier molecular flexibility index (Phi) is 5.37. The van der Waals surface area contributed by atoms with Gasteiger partial charge >= 0.3 is 0 Å². The number of nitrogens with one attached hydrogen (secondary N) is 1. The molecule has 0 aliphatic rings. The second kappa shape index (κ2) is 7.46. The number of hydrogen-bond acceptors (Lipinski definition) is 2. The van der Waals surface area contributed by atoms with E-state index in [9.17, 15) is 4.79 Å². The second-order valence-electron chi connectivity index (χ2n) is 5.38. The van der Waals surface area contributed by atoms with Gasteiger partial charge in [0, 0.05) is 11.8 Å². The average molecular weight is 295 g/mol. The van der Waals surface area contributed by atoms with Crippen LogP contribution in [0.15, 0.2) is 54.6 Å². The van der Waals surface area contributed by atoms with Gasteiger partial charge in [-0.3, -0.25) is 4.79 Å². The third-order valence-electron chi connectivity index (χ3n) is 3.37. The van der Waals surface area contributed by atoms with Crippen LogP contribution in [0.1, 0.15) is 30.9 Å². The topological polar surface area (TPSA) is 38.3 Å². The summed E-state index contributed by atoms with van der Waals surface area (Å²) in [7, 11) is 1.62. The molecule has 0 atom stereocenters. The Balaban J connectivity index is 1.98. The van der Waals surface area contributed by atoms with E-state index in [1.807, 2.05) is 48.5 Å². The molecular weight excluding hydrogens is 274 g/mol. The van der Waals surface area contributed by atoms with E-state index < -0.39 is 0 Å². The van der Waals surface area contributed by atoms with Crippen LogP contribution in [-0.4, -0.2) is 13.0 Å². The van der Waals surface area contributed by atoms with Crippen molar-refractivity contribution in [2.75, 3.05) is 12.4 Å². The van der Waals surface area contributed by atoms with Crippen LogP contribution in [-0.2, 0) is 4.79 Å². The summed E-state index contributed by atoms with van der Waals surface area (Å²) < 4.78 is 5.15. The molecule has 2 aromatic carbocycles. The zero-order chi connectivity index (χ0) is 15.9. The number of anilines is 1. The molecule has 0 fully saturated rings. The molecule has 1 amide bonds. The number of methoxy groups -OCH3 is 1. The molecule has 1 N–H and O–H groups in total. The van der Waals surface area contributed by atoms with Gasteiger partial charge < -0.3 is 10.1 Å². The van der Waals surface area contributed by atoms with Crippen molar-refractivity contribution in [2.45, 2.75) is 19.8 Å². The number of benzene rings is 2. The van der Waals surface area contributed by atoms with Crippen LogP contribution in [0.3, 0.4) is 0 Å². The van der Waals surface area contributed by atoms with Crippen LogP contribution in [0.25, 0.3) is 6.08 Å². The fraction of sp³-hybridized carbons (Fsp3) is 0.211. The first-order chi connectivity index (χ1) is 10.6. The van der Waals surface area contributed by atoms with E-state index in [-0.39, 0.29) is 5.91 Å². The minimum atomic E-state index is -0.153. The summed E-state index contributed by atoms with van der Waals surface area (Å²) in [5.41, 5.74) is 2.97. The minimum absolute atomic E-state index is 0.153. The van der Waals surface area contributed by atoms with Gasteiger partial charge in [0.05, 0.1) is 7.11 Å². The second-order valence-corrected chi connectivity index (χ2v) is 5.38. The molecule has 0 saturated heterocycles. The summed E-state index contributed by atoms with van der Waals surface area (Å²) in [6, 6.07) is 15.5. The quantitative estimate of drug-likeness (QED) is 0.826. The number of carbonyl (C=O) groups excluding carboxylic acids is 1. The highest BCUT2D eigenvalue weighted by molar-refractivity contribution is 6.01. The van der Waals surface area contributed by atoms with Crippen molar-refractivity contribution in [2.24, 2.45) is 0 Å². The molecule has 0 bridgehead atoms. The highest BCUT2D eigenvalue weighted by atomic mass is 16.5. The van der Waals surface area contributed by atoms with Gasteiger partial charge in [-0.05, 0) is 47.4 Å². The molecular formula is C19H21NO2. The Morgan fingerprint density at radius 1 is 1.14 bits per heavy atom. The zero-order valence-corrected chi connectivity index (χ0v) is 13.2. The van der Waals surface area contributed by atoms with Gasteiger partial charge in [0.25, 0.3) is 0 Å². The molecule has 2 aromatic rings. The van der Waals surface area contributed by atoms with Crippen LogP contribution in [0.2, 0.25) is 0 Å². The van der Waals surface area contributed by atoms with Gasteiger partial charge in [-0.25, -0.2) is 0 Å². The normalized spacial score (nSPS) is 10.9. The Morgan fingerprint density at radius 2 is 1.86 bits per heavy atom. The fourth-order valence-electron chi connectivity index (χ4n) is 2.05. The molecule has 114 valence electrons. The summed E-state index contributed by atoms with van der Waals surface area (Å²) in [6.07, 6.45) is 3.28. The fourth-order valence-corrected chi connectivity index (χ4v) is 2.05.